The molecule has 2 heterocycles. The number of nitrogens with zero attached hydrogens (tertiary/aromatic N) is 3. The summed E-state index contributed by atoms with van der Waals surface area (Å²) >= 11 is 0. The smallest absolute Gasteiger partial charge is 0.285 e. The van der Waals surface area contributed by atoms with Crippen LogP contribution < -0.4 is 11.3 Å². The number of hydrazine groups is 1. The molecule has 3 aliphatic rings. The average molecular weight is 367 g/mol. The summed E-state index contributed by atoms with van der Waals surface area (Å²) in [4.78, 5) is 26.3. The Morgan fingerprint density at radius 2 is 2.08 bits per heavy atom. The molecule has 0 aromatic carbocycles. The standard InChI is InChI=1S/C15H21N5O4S/c1-19-12-10(11(18-19)13(21)17-16)4-7-20(14(12)22)8-15(5-6-15)25(23,24)9-2-3-9/h9H,2-8,16H2,1H3,(H,17,21). The zero-order valence-corrected chi connectivity index (χ0v) is 14.8. The van der Waals surface area contributed by atoms with Gasteiger partial charge in [0.1, 0.15) is 5.69 Å². The third kappa shape index (κ3) is 2.38. The van der Waals surface area contributed by atoms with Gasteiger partial charge in [0.2, 0.25) is 0 Å². The number of nitrogens with one attached hydrogen (secondary N) is 1. The van der Waals surface area contributed by atoms with Gasteiger partial charge < -0.3 is 4.90 Å². The molecular formula is C15H21N5O4S. The first-order valence-corrected chi connectivity index (χ1v) is 9.95. The second kappa shape index (κ2) is 5.28. The quantitative estimate of drug-likeness (QED) is 0.396. The highest BCUT2D eigenvalue weighted by Gasteiger charge is 2.60. The van der Waals surface area contributed by atoms with E-state index < -0.39 is 20.5 Å². The Balaban J connectivity index is 1.61. The van der Waals surface area contributed by atoms with Gasteiger partial charge in [0.15, 0.2) is 15.5 Å². The summed E-state index contributed by atoms with van der Waals surface area (Å²) in [6, 6.07) is 0. The van der Waals surface area contributed by atoms with E-state index in [1.807, 2.05) is 5.43 Å². The molecule has 0 radical (unpaired) electrons. The Labute approximate surface area is 145 Å². The van der Waals surface area contributed by atoms with Crippen LogP contribution in [0.2, 0.25) is 0 Å². The monoisotopic (exact) mass is 367 g/mol. The summed E-state index contributed by atoms with van der Waals surface area (Å²) in [5.41, 5.74) is 3.10. The molecule has 2 amide bonds. The Bertz CT molecular complexity index is 867. The van der Waals surface area contributed by atoms with Gasteiger partial charge in [-0.2, -0.15) is 5.10 Å². The number of nitrogens with two attached hydrogens (primary N) is 1. The Kier molecular flexibility index (Phi) is 3.49. The summed E-state index contributed by atoms with van der Waals surface area (Å²) < 4.78 is 26.0. The van der Waals surface area contributed by atoms with Crippen LogP contribution in [-0.2, 0) is 23.3 Å². The molecule has 1 aromatic heterocycles. The number of carbonyl (C=O) groups excluding carboxylic acids is 2. The maximum atomic E-state index is 12.9. The normalized spacial score (nSPS) is 21.8. The zero-order valence-electron chi connectivity index (χ0n) is 14.0. The lowest BCUT2D eigenvalue weighted by Gasteiger charge is -2.31. The SMILES string of the molecule is Cn1nc(C(=O)NN)c2c1C(=O)N(CC1(S(=O)(=O)C3CC3)CC1)CC2. The van der Waals surface area contributed by atoms with E-state index in [0.717, 1.165) is 12.8 Å². The van der Waals surface area contributed by atoms with Crippen LogP contribution in [0.15, 0.2) is 0 Å². The van der Waals surface area contributed by atoms with E-state index >= 15 is 0 Å². The minimum Gasteiger partial charge on any atom is -0.335 e. The van der Waals surface area contributed by atoms with Crippen molar-refractivity contribution in [1.29, 1.82) is 0 Å². The fourth-order valence-electron chi connectivity index (χ4n) is 3.72. The number of amides is 2. The van der Waals surface area contributed by atoms with Gasteiger partial charge in [-0.05, 0) is 32.1 Å². The molecule has 0 spiro atoms. The van der Waals surface area contributed by atoms with Crippen molar-refractivity contribution in [2.24, 2.45) is 12.9 Å². The lowest BCUT2D eigenvalue weighted by molar-refractivity contribution is 0.0724. The van der Waals surface area contributed by atoms with Crippen molar-refractivity contribution in [3.8, 4) is 0 Å². The van der Waals surface area contributed by atoms with Crippen molar-refractivity contribution in [3.05, 3.63) is 17.0 Å². The molecule has 136 valence electrons. The molecule has 1 aromatic rings. The molecule has 4 rings (SSSR count). The second-order valence-electron chi connectivity index (χ2n) is 7.18. The minimum absolute atomic E-state index is 0.153. The summed E-state index contributed by atoms with van der Waals surface area (Å²) in [5, 5.41) is 3.89. The zero-order chi connectivity index (χ0) is 18.0. The molecule has 0 bridgehead atoms. The van der Waals surface area contributed by atoms with Crippen molar-refractivity contribution < 1.29 is 18.0 Å². The predicted molar refractivity (Wildman–Crippen MR) is 88.4 cm³/mol. The molecule has 2 aliphatic carbocycles. The summed E-state index contributed by atoms with van der Waals surface area (Å²) in [5.74, 6) is 4.36. The van der Waals surface area contributed by atoms with Crippen LogP contribution in [-0.4, -0.2) is 58.0 Å². The Morgan fingerprint density at radius 1 is 1.40 bits per heavy atom. The molecular weight excluding hydrogens is 346 g/mol. The minimum atomic E-state index is -3.17. The molecule has 10 heteroatoms. The van der Waals surface area contributed by atoms with Crippen molar-refractivity contribution in [3.63, 3.8) is 0 Å². The van der Waals surface area contributed by atoms with E-state index in [1.54, 1.807) is 11.9 Å². The lowest BCUT2D eigenvalue weighted by Crippen LogP contribution is -2.47. The summed E-state index contributed by atoms with van der Waals surface area (Å²) in [7, 11) is -1.58. The van der Waals surface area contributed by atoms with E-state index in [1.165, 1.54) is 4.68 Å². The number of hydrogen-bond donors (Lipinski definition) is 2. The predicted octanol–water partition coefficient (Wildman–Crippen LogP) is -0.868. The number of aryl methyl sites for hydroxylation is 1. The third-order valence-electron chi connectivity index (χ3n) is 5.47. The highest BCUT2D eigenvalue weighted by Crippen LogP contribution is 2.50. The van der Waals surface area contributed by atoms with Crippen LogP contribution in [0, 0.1) is 0 Å². The number of sulfone groups is 1. The molecule has 3 N–H and O–H groups in total. The topological polar surface area (TPSA) is 127 Å². The van der Waals surface area contributed by atoms with E-state index in [-0.39, 0.29) is 23.4 Å². The van der Waals surface area contributed by atoms with Crippen LogP contribution in [0.4, 0.5) is 0 Å². The molecule has 9 nitrogen and oxygen atoms in total. The van der Waals surface area contributed by atoms with Crippen LogP contribution in [0.5, 0.6) is 0 Å². The number of nitrogen functional groups attached to an aromatic ring is 1. The fourth-order valence-corrected chi connectivity index (χ4v) is 6.19. The third-order valence-corrected chi connectivity index (χ3v) is 8.56. The number of aromatic nitrogens is 2. The lowest BCUT2D eigenvalue weighted by atomic mass is 10.0. The highest BCUT2D eigenvalue weighted by atomic mass is 32.2. The first kappa shape index (κ1) is 16.5. The number of fused-ring (bicyclic) bond motifs is 1. The van der Waals surface area contributed by atoms with Crippen molar-refractivity contribution in [2.45, 2.75) is 42.1 Å². The summed E-state index contributed by atoms with van der Waals surface area (Å²) in [6.07, 6.45) is 3.17. The van der Waals surface area contributed by atoms with Gasteiger partial charge in [-0.1, -0.05) is 0 Å². The molecule has 0 unspecified atom stereocenters. The molecule has 2 saturated carbocycles. The van der Waals surface area contributed by atoms with Crippen LogP contribution in [0.1, 0.15) is 52.2 Å². The van der Waals surface area contributed by atoms with Crippen LogP contribution in [0.3, 0.4) is 0 Å². The molecule has 25 heavy (non-hydrogen) atoms. The van der Waals surface area contributed by atoms with Crippen molar-refractivity contribution >= 4 is 21.7 Å². The maximum Gasteiger partial charge on any atom is 0.285 e. The van der Waals surface area contributed by atoms with E-state index in [2.05, 4.69) is 5.10 Å². The van der Waals surface area contributed by atoms with Crippen LogP contribution >= 0.6 is 0 Å². The molecule has 1 aliphatic heterocycles. The number of carbonyl (C=O) groups is 2. The first-order chi connectivity index (χ1) is 11.8. The maximum absolute atomic E-state index is 12.9. The number of hydrogen-bond acceptors (Lipinski definition) is 6. The van der Waals surface area contributed by atoms with Crippen molar-refractivity contribution in [2.75, 3.05) is 13.1 Å². The van der Waals surface area contributed by atoms with Gasteiger partial charge in [0.05, 0.1) is 10.00 Å². The van der Waals surface area contributed by atoms with E-state index in [0.29, 0.717) is 37.1 Å². The Morgan fingerprint density at radius 3 is 2.64 bits per heavy atom. The van der Waals surface area contributed by atoms with Gasteiger partial charge in [0.25, 0.3) is 11.8 Å². The molecule has 0 saturated heterocycles. The molecule has 0 atom stereocenters. The average Bonchev–Trinajstić information content (AvgIpc) is 3.47. The first-order valence-electron chi connectivity index (χ1n) is 8.40. The van der Waals surface area contributed by atoms with Gasteiger partial charge in [-0.25, -0.2) is 14.3 Å². The molecule has 2 fully saturated rings. The van der Waals surface area contributed by atoms with Gasteiger partial charge in [-0.3, -0.25) is 19.7 Å². The Hall–Kier alpha value is -1.94. The van der Waals surface area contributed by atoms with Gasteiger partial charge in [-0.15, -0.1) is 0 Å². The summed E-state index contributed by atoms with van der Waals surface area (Å²) in [6.45, 7) is 0.609. The van der Waals surface area contributed by atoms with Crippen molar-refractivity contribution in [1.82, 2.24) is 20.1 Å². The highest BCUT2D eigenvalue weighted by molar-refractivity contribution is 7.94. The van der Waals surface area contributed by atoms with E-state index in [9.17, 15) is 18.0 Å². The number of rotatable bonds is 5. The fraction of sp³-hybridized carbons (Fsp3) is 0.667. The second-order valence-corrected chi connectivity index (χ2v) is 9.80. The van der Waals surface area contributed by atoms with Crippen LogP contribution in [0.25, 0.3) is 0 Å². The van der Waals surface area contributed by atoms with E-state index in [4.69, 9.17) is 5.84 Å². The largest absolute Gasteiger partial charge is 0.335 e. The van der Waals surface area contributed by atoms with Gasteiger partial charge in [0, 0.05) is 25.7 Å². The van der Waals surface area contributed by atoms with Gasteiger partial charge >= 0.3 is 0 Å².